The molecule has 1 spiro atoms. The number of nitrogens with zero attached hydrogens (tertiary/aromatic N) is 2. The average molecular weight is 336 g/mol. The van der Waals surface area contributed by atoms with Crippen LogP contribution in [0.25, 0.3) is 0 Å². The van der Waals surface area contributed by atoms with E-state index in [9.17, 15) is 9.59 Å². The van der Waals surface area contributed by atoms with Crippen LogP contribution in [-0.4, -0.2) is 62.0 Å². The van der Waals surface area contributed by atoms with E-state index in [-0.39, 0.29) is 23.1 Å². The van der Waals surface area contributed by atoms with E-state index >= 15 is 0 Å². The highest BCUT2D eigenvalue weighted by Gasteiger charge is 2.51. The molecule has 5 nitrogen and oxygen atoms in total. The van der Waals surface area contributed by atoms with Crippen LogP contribution in [-0.2, 0) is 14.3 Å². The Balaban J connectivity index is 1.64. The zero-order valence-corrected chi connectivity index (χ0v) is 15.3. The lowest BCUT2D eigenvalue weighted by atomic mass is 9.71. The number of hydrogen-bond acceptors (Lipinski definition) is 3. The van der Waals surface area contributed by atoms with Crippen molar-refractivity contribution < 1.29 is 14.3 Å². The van der Waals surface area contributed by atoms with E-state index in [1.165, 1.54) is 25.7 Å². The molecule has 2 amide bonds. The molecule has 0 N–H and O–H groups in total. The van der Waals surface area contributed by atoms with Crippen molar-refractivity contribution in [3.8, 4) is 0 Å². The molecule has 3 rings (SSSR count). The fraction of sp³-hybridized carbons (Fsp3) is 0.895. The number of likely N-dealkylation sites (tertiary alicyclic amines) is 1. The number of amides is 2. The molecule has 1 unspecified atom stereocenters. The lowest BCUT2D eigenvalue weighted by Gasteiger charge is -2.38. The molecular formula is C19H32N2O3. The van der Waals surface area contributed by atoms with Gasteiger partial charge in [0.15, 0.2) is 0 Å². The van der Waals surface area contributed by atoms with Gasteiger partial charge in [0.05, 0.1) is 5.92 Å². The first-order valence-electron chi connectivity index (χ1n) is 9.58. The fourth-order valence-corrected chi connectivity index (χ4v) is 4.88. The van der Waals surface area contributed by atoms with Crippen molar-refractivity contribution in [1.82, 2.24) is 9.80 Å². The SMILES string of the molecule is CN(C)C(=O)C1CN(C(=O)CCC2CCCC2)CC12CCOCC2. The lowest BCUT2D eigenvalue weighted by molar-refractivity contribution is -0.138. The van der Waals surface area contributed by atoms with Crippen molar-refractivity contribution in [3.05, 3.63) is 0 Å². The van der Waals surface area contributed by atoms with Crippen molar-refractivity contribution in [2.45, 2.75) is 51.4 Å². The molecule has 5 heteroatoms. The van der Waals surface area contributed by atoms with Crippen molar-refractivity contribution in [2.75, 3.05) is 40.4 Å². The molecule has 2 aliphatic heterocycles. The third kappa shape index (κ3) is 3.61. The van der Waals surface area contributed by atoms with Crippen molar-refractivity contribution in [3.63, 3.8) is 0 Å². The van der Waals surface area contributed by atoms with Gasteiger partial charge < -0.3 is 14.5 Å². The minimum Gasteiger partial charge on any atom is -0.381 e. The Morgan fingerprint density at radius 2 is 1.83 bits per heavy atom. The molecule has 1 atom stereocenters. The third-order valence-corrected chi connectivity index (χ3v) is 6.47. The zero-order valence-electron chi connectivity index (χ0n) is 15.3. The highest BCUT2D eigenvalue weighted by Crippen LogP contribution is 2.45. The molecule has 1 aliphatic carbocycles. The molecule has 0 radical (unpaired) electrons. The molecular weight excluding hydrogens is 304 g/mol. The Bertz CT molecular complexity index is 465. The van der Waals surface area contributed by atoms with E-state index in [0.717, 1.165) is 31.7 Å². The second-order valence-electron chi connectivity index (χ2n) is 8.22. The van der Waals surface area contributed by atoms with Crippen LogP contribution in [0.1, 0.15) is 51.4 Å². The van der Waals surface area contributed by atoms with Crippen LogP contribution >= 0.6 is 0 Å². The molecule has 2 saturated heterocycles. The summed E-state index contributed by atoms with van der Waals surface area (Å²) in [6, 6.07) is 0. The van der Waals surface area contributed by atoms with E-state index in [1.54, 1.807) is 4.90 Å². The molecule has 0 aromatic rings. The number of ether oxygens (including phenoxy) is 1. The van der Waals surface area contributed by atoms with E-state index < -0.39 is 0 Å². The zero-order chi connectivity index (χ0) is 17.2. The maximum Gasteiger partial charge on any atom is 0.227 e. The van der Waals surface area contributed by atoms with Gasteiger partial charge in [-0.2, -0.15) is 0 Å². The van der Waals surface area contributed by atoms with Crippen LogP contribution in [0.4, 0.5) is 0 Å². The molecule has 0 bridgehead atoms. The molecule has 3 fully saturated rings. The summed E-state index contributed by atoms with van der Waals surface area (Å²) in [5.41, 5.74) is -0.0668. The summed E-state index contributed by atoms with van der Waals surface area (Å²) < 4.78 is 5.53. The second kappa shape index (κ2) is 7.42. The third-order valence-electron chi connectivity index (χ3n) is 6.47. The highest BCUT2D eigenvalue weighted by molar-refractivity contribution is 5.83. The van der Waals surface area contributed by atoms with Gasteiger partial charge in [-0.25, -0.2) is 0 Å². The van der Waals surface area contributed by atoms with Crippen LogP contribution in [0.5, 0.6) is 0 Å². The molecule has 1 saturated carbocycles. The van der Waals surface area contributed by atoms with Gasteiger partial charge in [0.2, 0.25) is 11.8 Å². The number of carbonyl (C=O) groups excluding carboxylic acids is 2. The second-order valence-corrected chi connectivity index (χ2v) is 8.22. The van der Waals surface area contributed by atoms with Gasteiger partial charge in [0.1, 0.15) is 0 Å². The Morgan fingerprint density at radius 1 is 1.17 bits per heavy atom. The molecule has 136 valence electrons. The van der Waals surface area contributed by atoms with E-state index in [1.807, 2.05) is 19.0 Å². The van der Waals surface area contributed by atoms with Gasteiger partial charge in [0, 0.05) is 52.2 Å². The van der Waals surface area contributed by atoms with Crippen molar-refractivity contribution in [1.29, 1.82) is 0 Å². The van der Waals surface area contributed by atoms with Gasteiger partial charge in [-0.05, 0) is 25.2 Å². The largest absolute Gasteiger partial charge is 0.381 e. The van der Waals surface area contributed by atoms with E-state index in [4.69, 9.17) is 4.74 Å². The molecule has 2 heterocycles. The lowest BCUT2D eigenvalue weighted by Crippen LogP contribution is -2.44. The number of carbonyl (C=O) groups is 2. The van der Waals surface area contributed by atoms with Gasteiger partial charge in [-0.3, -0.25) is 9.59 Å². The van der Waals surface area contributed by atoms with Gasteiger partial charge >= 0.3 is 0 Å². The first kappa shape index (κ1) is 17.7. The first-order valence-corrected chi connectivity index (χ1v) is 9.58. The summed E-state index contributed by atoms with van der Waals surface area (Å²) in [6.45, 7) is 2.76. The highest BCUT2D eigenvalue weighted by atomic mass is 16.5. The summed E-state index contributed by atoms with van der Waals surface area (Å²) in [5, 5.41) is 0. The minimum absolute atomic E-state index is 0.0631. The van der Waals surface area contributed by atoms with Gasteiger partial charge in [-0.1, -0.05) is 25.7 Å². The Hall–Kier alpha value is -1.10. The van der Waals surface area contributed by atoms with Crippen LogP contribution in [0.3, 0.4) is 0 Å². The normalized spacial score (nSPS) is 26.9. The van der Waals surface area contributed by atoms with E-state index in [0.29, 0.717) is 26.2 Å². The fourth-order valence-electron chi connectivity index (χ4n) is 4.88. The molecule has 0 aromatic carbocycles. The van der Waals surface area contributed by atoms with Crippen LogP contribution in [0, 0.1) is 17.3 Å². The quantitative estimate of drug-likeness (QED) is 0.791. The summed E-state index contributed by atoms with van der Waals surface area (Å²) in [5.74, 6) is 1.10. The maximum atomic E-state index is 12.7. The van der Waals surface area contributed by atoms with Crippen molar-refractivity contribution in [2.24, 2.45) is 17.3 Å². The van der Waals surface area contributed by atoms with Crippen molar-refractivity contribution >= 4 is 11.8 Å². The topological polar surface area (TPSA) is 49.9 Å². The summed E-state index contributed by atoms with van der Waals surface area (Å²) in [6.07, 6.45) is 8.69. The smallest absolute Gasteiger partial charge is 0.227 e. The Kier molecular flexibility index (Phi) is 5.48. The van der Waals surface area contributed by atoms with Crippen LogP contribution in [0.15, 0.2) is 0 Å². The molecule has 3 aliphatic rings. The Labute approximate surface area is 145 Å². The van der Waals surface area contributed by atoms with Crippen LogP contribution in [0.2, 0.25) is 0 Å². The standard InChI is InChI=1S/C19H32N2O3/c1-20(2)18(23)16-13-21(14-19(16)9-11-24-12-10-19)17(22)8-7-15-5-3-4-6-15/h15-16H,3-14H2,1-2H3. The summed E-state index contributed by atoms with van der Waals surface area (Å²) in [7, 11) is 3.64. The average Bonchev–Trinajstić information content (AvgIpc) is 3.21. The van der Waals surface area contributed by atoms with Gasteiger partial charge in [-0.15, -0.1) is 0 Å². The first-order chi connectivity index (χ1) is 11.5. The molecule has 24 heavy (non-hydrogen) atoms. The van der Waals surface area contributed by atoms with E-state index in [2.05, 4.69) is 0 Å². The molecule has 0 aromatic heterocycles. The predicted molar refractivity (Wildman–Crippen MR) is 92.4 cm³/mol. The minimum atomic E-state index is -0.0668. The number of rotatable bonds is 4. The number of hydrogen-bond donors (Lipinski definition) is 0. The maximum absolute atomic E-state index is 12.7. The monoisotopic (exact) mass is 336 g/mol. The van der Waals surface area contributed by atoms with Crippen LogP contribution < -0.4 is 0 Å². The Morgan fingerprint density at radius 3 is 2.46 bits per heavy atom. The summed E-state index contributed by atoms with van der Waals surface area (Å²) >= 11 is 0. The van der Waals surface area contributed by atoms with Gasteiger partial charge in [0.25, 0.3) is 0 Å². The summed E-state index contributed by atoms with van der Waals surface area (Å²) in [4.78, 5) is 29.1. The predicted octanol–water partition coefficient (Wildman–Crippen LogP) is 2.30.